The normalized spacial score (nSPS) is 18.3. The minimum atomic E-state index is -3.80. The first-order chi connectivity index (χ1) is 9.90. The van der Waals surface area contributed by atoms with Gasteiger partial charge in [0.1, 0.15) is 6.04 Å². The first-order valence-electron chi connectivity index (χ1n) is 7.22. The number of aliphatic carboxylic acids is 1. The number of nitrogens with one attached hydrogen (secondary N) is 1. The number of aryl methyl sites for hydroxylation is 1. The fourth-order valence-corrected chi connectivity index (χ4v) is 4.03. The van der Waals surface area contributed by atoms with E-state index in [1.165, 1.54) is 12.1 Å². The van der Waals surface area contributed by atoms with Gasteiger partial charge in [0.05, 0.1) is 4.90 Å². The second kappa shape index (κ2) is 6.58. The van der Waals surface area contributed by atoms with Crippen LogP contribution in [-0.2, 0) is 14.8 Å². The van der Waals surface area contributed by atoms with Crippen molar-refractivity contribution in [2.24, 2.45) is 5.92 Å². The molecule has 2 N–H and O–H groups in total. The third kappa shape index (κ3) is 4.04. The van der Waals surface area contributed by atoms with Gasteiger partial charge in [-0.1, -0.05) is 37.0 Å². The first-order valence-corrected chi connectivity index (χ1v) is 8.70. The third-order valence-corrected chi connectivity index (χ3v) is 5.46. The predicted molar refractivity (Wildman–Crippen MR) is 79.5 cm³/mol. The van der Waals surface area contributed by atoms with E-state index in [1.807, 2.05) is 6.92 Å². The van der Waals surface area contributed by atoms with Crippen molar-refractivity contribution < 1.29 is 18.3 Å². The Morgan fingerprint density at radius 3 is 2.29 bits per heavy atom. The van der Waals surface area contributed by atoms with E-state index in [2.05, 4.69) is 4.72 Å². The smallest absolute Gasteiger partial charge is 0.322 e. The Morgan fingerprint density at radius 1 is 1.19 bits per heavy atom. The zero-order valence-electron chi connectivity index (χ0n) is 12.1. The predicted octanol–water partition coefficient (Wildman–Crippen LogP) is 2.31. The summed E-state index contributed by atoms with van der Waals surface area (Å²) < 4.78 is 27.0. The first kappa shape index (κ1) is 16.0. The number of benzene rings is 1. The maximum atomic E-state index is 12.3. The van der Waals surface area contributed by atoms with Crippen LogP contribution in [0.4, 0.5) is 0 Å². The van der Waals surface area contributed by atoms with E-state index in [0.29, 0.717) is 0 Å². The minimum Gasteiger partial charge on any atom is -0.480 e. The molecule has 1 aliphatic carbocycles. The van der Waals surface area contributed by atoms with E-state index in [0.717, 1.165) is 37.7 Å². The molecule has 0 amide bonds. The Bertz CT molecular complexity index is 589. The van der Waals surface area contributed by atoms with Crippen molar-refractivity contribution in [3.63, 3.8) is 0 Å². The highest BCUT2D eigenvalue weighted by Gasteiger charge is 2.33. The average molecular weight is 311 g/mol. The summed E-state index contributed by atoms with van der Waals surface area (Å²) >= 11 is 0. The lowest BCUT2D eigenvalue weighted by Crippen LogP contribution is -2.46. The molecule has 5 nitrogen and oxygen atoms in total. The lowest BCUT2D eigenvalue weighted by molar-refractivity contribution is -0.140. The highest BCUT2D eigenvalue weighted by Crippen LogP contribution is 2.27. The van der Waals surface area contributed by atoms with Crippen molar-refractivity contribution in [3.05, 3.63) is 29.8 Å². The molecular formula is C15H21NO4S. The second-order valence-corrected chi connectivity index (χ2v) is 7.36. The lowest BCUT2D eigenvalue weighted by atomic mass is 9.84. The van der Waals surface area contributed by atoms with Crippen molar-refractivity contribution in [1.29, 1.82) is 0 Å². The number of hydrogen-bond donors (Lipinski definition) is 2. The van der Waals surface area contributed by atoms with Gasteiger partial charge in [-0.05, 0) is 37.8 Å². The summed E-state index contributed by atoms with van der Waals surface area (Å²) in [4.78, 5) is 11.5. The summed E-state index contributed by atoms with van der Waals surface area (Å²) in [5.74, 6) is -1.23. The van der Waals surface area contributed by atoms with Crippen LogP contribution in [0.2, 0.25) is 0 Å². The van der Waals surface area contributed by atoms with Crippen molar-refractivity contribution in [1.82, 2.24) is 4.72 Å². The van der Waals surface area contributed by atoms with Crippen molar-refractivity contribution >= 4 is 16.0 Å². The standard InChI is InChI=1S/C15H21NO4S/c1-11-7-9-13(10-8-11)21(19,20)16-14(15(17)18)12-5-3-2-4-6-12/h7-10,12,14,16H,2-6H2,1H3,(H,17,18). The Morgan fingerprint density at radius 2 is 1.76 bits per heavy atom. The zero-order valence-corrected chi connectivity index (χ0v) is 12.9. The van der Waals surface area contributed by atoms with E-state index in [-0.39, 0.29) is 10.8 Å². The van der Waals surface area contributed by atoms with Crippen LogP contribution in [0.3, 0.4) is 0 Å². The molecule has 1 aromatic rings. The van der Waals surface area contributed by atoms with Gasteiger partial charge in [0.25, 0.3) is 0 Å². The molecule has 21 heavy (non-hydrogen) atoms. The lowest BCUT2D eigenvalue weighted by Gasteiger charge is -2.27. The van der Waals surface area contributed by atoms with E-state index in [1.54, 1.807) is 12.1 Å². The molecule has 0 radical (unpaired) electrons. The summed E-state index contributed by atoms with van der Waals surface area (Å²) in [5, 5.41) is 9.35. The fraction of sp³-hybridized carbons (Fsp3) is 0.533. The molecule has 1 aliphatic rings. The number of carboxylic acid groups (broad SMARTS) is 1. The van der Waals surface area contributed by atoms with Gasteiger partial charge in [-0.2, -0.15) is 4.72 Å². The third-order valence-electron chi connectivity index (χ3n) is 4.00. The summed E-state index contributed by atoms with van der Waals surface area (Å²) in [5.41, 5.74) is 0.955. The number of carboxylic acids is 1. The number of hydrogen-bond acceptors (Lipinski definition) is 3. The molecule has 0 saturated heterocycles. The Labute approximate surface area is 125 Å². The zero-order chi connectivity index (χ0) is 15.5. The highest BCUT2D eigenvalue weighted by atomic mass is 32.2. The van der Waals surface area contributed by atoms with Crippen LogP contribution in [0.5, 0.6) is 0 Å². The summed E-state index contributed by atoms with van der Waals surface area (Å²) in [6.07, 6.45) is 4.52. The van der Waals surface area contributed by atoms with Gasteiger partial charge in [-0.25, -0.2) is 8.42 Å². The minimum absolute atomic E-state index is 0.107. The molecule has 1 saturated carbocycles. The van der Waals surface area contributed by atoms with Gasteiger partial charge in [-0.3, -0.25) is 4.79 Å². The number of carbonyl (C=O) groups is 1. The van der Waals surface area contributed by atoms with Gasteiger partial charge < -0.3 is 5.11 Å². The maximum absolute atomic E-state index is 12.3. The maximum Gasteiger partial charge on any atom is 0.322 e. The van der Waals surface area contributed by atoms with E-state index < -0.39 is 22.0 Å². The Kier molecular flexibility index (Phi) is 5.00. The van der Waals surface area contributed by atoms with E-state index in [9.17, 15) is 18.3 Å². The Hall–Kier alpha value is -1.40. The SMILES string of the molecule is Cc1ccc(S(=O)(=O)NC(C(=O)O)C2CCCCC2)cc1. The second-order valence-electron chi connectivity index (χ2n) is 5.65. The van der Waals surface area contributed by atoms with Gasteiger partial charge >= 0.3 is 5.97 Å². The molecule has 1 aromatic carbocycles. The largest absolute Gasteiger partial charge is 0.480 e. The molecule has 1 fully saturated rings. The molecule has 0 aliphatic heterocycles. The van der Waals surface area contributed by atoms with E-state index >= 15 is 0 Å². The van der Waals surface area contributed by atoms with Crippen LogP contribution in [0.15, 0.2) is 29.2 Å². The van der Waals surface area contributed by atoms with Gasteiger partial charge in [0.2, 0.25) is 10.0 Å². The molecule has 0 spiro atoms. The van der Waals surface area contributed by atoms with Crippen molar-refractivity contribution in [2.45, 2.75) is 50.0 Å². The Balaban J connectivity index is 2.18. The van der Waals surface area contributed by atoms with Crippen LogP contribution >= 0.6 is 0 Å². The molecule has 0 bridgehead atoms. The number of sulfonamides is 1. The molecule has 0 aromatic heterocycles. The molecule has 116 valence electrons. The van der Waals surface area contributed by atoms with Crippen LogP contribution in [0.25, 0.3) is 0 Å². The van der Waals surface area contributed by atoms with Gasteiger partial charge in [0, 0.05) is 0 Å². The van der Waals surface area contributed by atoms with Crippen LogP contribution in [0, 0.1) is 12.8 Å². The van der Waals surface area contributed by atoms with Crippen LogP contribution in [0.1, 0.15) is 37.7 Å². The molecule has 6 heteroatoms. The monoisotopic (exact) mass is 311 g/mol. The molecule has 1 unspecified atom stereocenters. The highest BCUT2D eigenvalue weighted by molar-refractivity contribution is 7.89. The van der Waals surface area contributed by atoms with Crippen molar-refractivity contribution in [3.8, 4) is 0 Å². The average Bonchev–Trinajstić information content (AvgIpc) is 2.46. The molecule has 0 heterocycles. The van der Waals surface area contributed by atoms with Gasteiger partial charge in [0.15, 0.2) is 0 Å². The fourth-order valence-electron chi connectivity index (χ4n) is 2.77. The van der Waals surface area contributed by atoms with Crippen LogP contribution in [-0.4, -0.2) is 25.5 Å². The van der Waals surface area contributed by atoms with Crippen molar-refractivity contribution in [2.75, 3.05) is 0 Å². The quantitative estimate of drug-likeness (QED) is 0.874. The summed E-state index contributed by atoms with van der Waals surface area (Å²) in [6.45, 7) is 1.87. The molecule has 1 atom stereocenters. The van der Waals surface area contributed by atoms with Gasteiger partial charge in [-0.15, -0.1) is 0 Å². The van der Waals surface area contributed by atoms with Crippen LogP contribution < -0.4 is 4.72 Å². The number of rotatable bonds is 5. The topological polar surface area (TPSA) is 83.5 Å². The molecular weight excluding hydrogens is 290 g/mol. The molecule has 2 rings (SSSR count). The summed E-state index contributed by atoms with van der Waals surface area (Å²) in [7, 11) is -3.80. The summed E-state index contributed by atoms with van der Waals surface area (Å²) in [6, 6.07) is 5.35. The van der Waals surface area contributed by atoms with E-state index in [4.69, 9.17) is 0 Å².